The van der Waals surface area contributed by atoms with E-state index in [0.29, 0.717) is 29.7 Å². The minimum Gasteiger partial charge on any atom is -0.478 e. The molecule has 2 aliphatic heterocycles. The molecule has 0 saturated carbocycles. The molecule has 188 valence electrons. The van der Waals surface area contributed by atoms with Crippen LogP contribution in [-0.2, 0) is 19.8 Å². The van der Waals surface area contributed by atoms with Crippen LogP contribution in [0.1, 0.15) is 0 Å². The highest BCUT2D eigenvalue weighted by molar-refractivity contribution is 7.90. The third kappa shape index (κ3) is 7.21. The van der Waals surface area contributed by atoms with Crippen molar-refractivity contribution in [2.75, 3.05) is 49.9 Å². The first kappa shape index (κ1) is 26.1. The van der Waals surface area contributed by atoms with Gasteiger partial charge in [-0.3, -0.25) is 4.72 Å². The first-order valence-electron chi connectivity index (χ1n) is 10.8. The average Bonchev–Trinajstić information content (AvgIpc) is 3.41. The van der Waals surface area contributed by atoms with Crippen molar-refractivity contribution in [1.29, 1.82) is 0 Å². The van der Waals surface area contributed by atoms with Gasteiger partial charge in [0.15, 0.2) is 5.82 Å². The molecule has 4 N–H and O–H groups in total. The van der Waals surface area contributed by atoms with E-state index in [1.165, 1.54) is 14.1 Å². The second-order valence-corrected chi connectivity index (χ2v) is 10.2. The Hall–Kier alpha value is -3.55. The Balaban J connectivity index is 0.000000371. The third-order valence-electron chi connectivity index (χ3n) is 5.64. The molecular weight excluding hydrogens is 476 g/mol. The van der Waals surface area contributed by atoms with Crippen molar-refractivity contribution in [3.8, 4) is 11.3 Å². The maximum atomic E-state index is 11.9. The van der Waals surface area contributed by atoms with Gasteiger partial charge in [-0.05, 0) is 36.1 Å². The van der Waals surface area contributed by atoms with Gasteiger partial charge in [-0.25, -0.2) is 9.59 Å². The number of carboxylic acids is 2. The number of aromatic nitrogens is 2. The van der Waals surface area contributed by atoms with Gasteiger partial charge in [0.2, 0.25) is 0 Å². The topological polar surface area (TPSA) is 165 Å². The molecule has 0 spiro atoms. The Morgan fingerprint density at radius 3 is 2.03 bits per heavy atom. The Bertz CT molecular complexity index is 1140. The highest BCUT2D eigenvalue weighted by atomic mass is 32.2. The van der Waals surface area contributed by atoms with Crippen molar-refractivity contribution in [1.82, 2.24) is 19.8 Å². The van der Waals surface area contributed by atoms with Crippen LogP contribution in [0.2, 0.25) is 0 Å². The van der Waals surface area contributed by atoms with Crippen LogP contribution in [0.4, 0.5) is 11.5 Å². The maximum absolute atomic E-state index is 11.9. The van der Waals surface area contributed by atoms with Crippen molar-refractivity contribution in [3.63, 3.8) is 0 Å². The summed E-state index contributed by atoms with van der Waals surface area (Å²) in [5, 5.41) is 27.8. The van der Waals surface area contributed by atoms with Gasteiger partial charge in [0.25, 0.3) is 0 Å². The number of benzene rings is 1. The van der Waals surface area contributed by atoms with Crippen molar-refractivity contribution in [3.05, 3.63) is 48.6 Å². The second kappa shape index (κ2) is 11.3. The van der Waals surface area contributed by atoms with E-state index in [1.807, 2.05) is 24.3 Å². The van der Waals surface area contributed by atoms with Gasteiger partial charge >= 0.3 is 22.1 Å². The monoisotopic (exact) mass is 504 g/mol. The number of hydrogen-bond acceptors (Lipinski definition) is 8. The normalized spacial score (nSPS) is 19.3. The van der Waals surface area contributed by atoms with Crippen LogP contribution >= 0.6 is 0 Å². The second-order valence-electron chi connectivity index (χ2n) is 8.34. The lowest BCUT2D eigenvalue weighted by atomic mass is 10.0. The highest BCUT2D eigenvalue weighted by Crippen LogP contribution is 2.30. The molecule has 0 radical (unpaired) electrons. The van der Waals surface area contributed by atoms with E-state index < -0.39 is 22.1 Å². The highest BCUT2D eigenvalue weighted by Gasteiger charge is 2.36. The standard InChI is InChI=1S/C18H24N6O2S.C4H4O4/c1-23(2)27(25,26)22-16-5-3-13(4-6-16)17-7-8-18(21-20-17)24-11-14-9-19-10-15(14)12-24;5-3(6)1-2-4(7)8/h3-8,14-15,19,22H,9-12H2,1-2H3;1-2H,(H,5,6)(H,7,8)/b;2-1+. The van der Waals surface area contributed by atoms with Crippen LogP contribution in [0, 0.1) is 11.8 Å². The minimum atomic E-state index is -3.51. The lowest BCUT2D eigenvalue weighted by molar-refractivity contribution is -0.134. The zero-order valence-corrected chi connectivity index (χ0v) is 20.1. The molecule has 3 heterocycles. The number of nitrogens with zero attached hydrogens (tertiary/aromatic N) is 4. The molecule has 35 heavy (non-hydrogen) atoms. The SMILES string of the molecule is CN(C)S(=O)(=O)Nc1ccc(-c2ccc(N3CC4CNCC4C3)nn2)cc1.O=C(O)/C=C/C(=O)O. The number of fused-ring (bicyclic) bond motifs is 1. The molecule has 1 aromatic heterocycles. The molecule has 13 heteroatoms. The largest absolute Gasteiger partial charge is 0.478 e. The lowest BCUT2D eigenvalue weighted by Gasteiger charge is -2.18. The number of carbonyl (C=O) groups is 2. The van der Waals surface area contributed by atoms with E-state index in [-0.39, 0.29) is 0 Å². The molecule has 2 saturated heterocycles. The number of aliphatic carboxylic acids is 2. The number of nitrogens with one attached hydrogen (secondary N) is 2. The summed E-state index contributed by atoms with van der Waals surface area (Å²) in [6.07, 6.45) is 1.12. The third-order valence-corrected chi connectivity index (χ3v) is 7.10. The molecular formula is C22H28N6O6S. The molecule has 2 unspecified atom stereocenters. The fraction of sp³-hybridized carbons (Fsp3) is 0.364. The van der Waals surface area contributed by atoms with Crippen LogP contribution in [-0.4, -0.2) is 85.3 Å². The van der Waals surface area contributed by atoms with Gasteiger partial charge in [0.1, 0.15) is 0 Å². The fourth-order valence-electron chi connectivity index (χ4n) is 3.78. The first-order valence-corrected chi connectivity index (χ1v) is 12.2. The molecule has 2 aromatic rings. The van der Waals surface area contributed by atoms with E-state index in [2.05, 4.69) is 25.1 Å². The molecule has 0 bridgehead atoms. The van der Waals surface area contributed by atoms with Crippen molar-refractivity contribution in [2.24, 2.45) is 11.8 Å². The Labute approximate surface area is 203 Å². The molecule has 0 amide bonds. The van der Waals surface area contributed by atoms with Gasteiger partial charge in [-0.15, -0.1) is 10.2 Å². The van der Waals surface area contributed by atoms with E-state index in [1.54, 1.807) is 12.1 Å². The van der Waals surface area contributed by atoms with E-state index >= 15 is 0 Å². The average molecular weight is 505 g/mol. The predicted octanol–water partition coefficient (Wildman–Crippen LogP) is 0.729. The van der Waals surface area contributed by atoms with Crippen molar-refractivity contribution >= 4 is 33.7 Å². The van der Waals surface area contributed by atoms with Crippen molar-refractivity contribution < 1.29 is 28.2 Å². The number of hydrogen-bond donors (Lipinski definition) is 4. The molecule has 1 aromatic carbocycles. The van der Waals surface area contributed by atoms with Crippen LogP contribution in [0.3, 0.4) is 0 Å². The zero-order valence-electron chi connectivity index (χ0n) is 19.3. The van der Waals surface area contributed by atoms with E-state index in [4.69, 9.17) is 10.2 Å². The van der Waals surface area contributed by atoms with Gasteiger partial charge < -0.3 is 20.4 Å². The first-order chi connectivity index (χ1) is 16.5. The Morgan fingerprint density at radius 1 is 1.00 bits per heavy atom. The minimum absolute atomic E-state index is 0.509. The summed E-state index contributed by atoms with van der Waals surface area (Å²) in [4.78, 5) is 21.4. The van der Waals surface area contributed by atoms with Gasteiger partial charge in [0.05, 0.1) is 5.69 Å². The molecule has 2 fully saturated rings. The number of anilines is 2. The molecule has 12 nitrogen and oxygen atoms in total. The fourth-order valence-corrected chi connectivity index (χ4v) is 4.40. The molecule has 2 aliphatic rings. The van der Waals surface area contributed by atoms with Crippen LogP contribution in [0.5, 0.6) is 0 Å². The van der Waals surface area contributed by atoms with Crippen molar-refractivity contribution in [2.45, 2.75) is 0 Å². The van der Waals surface area contributed by atoms with Crippen LogP contribution in [0.15, 0.2) is 48.6 Å². The summed E-state index contributed by atoms with van der Waals surface area (Å²) in [5.74, 6) is -0.168. The lowest BCUT2D eigenvalue weighted by Crippen LogP contribution is -2.28. The summed E-state index contributed by atoms with van der Waals surface area (Å²) >= 11 is 0. The number of rotatable bonds is 7. The molecule has 0 aliphatic carbocycles. The van der Waals surface area contributed by atoms with Gasteiger partial charge in [0, 0.05) is 63.7 Å². The number of carboxylic acid groups (broad SMARTS) is 2. The smallest absolute Gasteiger partial charge is 0.328 e. The summed E-state index contributed by atoms with van der Waals surface area (Å²) < 4.78 is 27.4. The van der Waals surface area contributed by atoms with E-state index in [9.17, 15) is 18.0 Å². The van der Waals surface area contributed by atoms with E-state index in [0.717, 1.165) is 47.6 Å². The van der Waals surface area contributed by atoms with Crippen LogP contribution < -0.4 is 14.9 Å². The zero-order chi connectivity index (χ0) is 25.6. The summed E-state index contributed by atoms with van der Waals surface area (Å²) in [7, 11) is -0.537. The van der Waals surface area contributed by atoms with Gasteiger partial charge in [-0.2, -0.15) is 12.7 Å². The van der Waals surface area contributed by atoms with Crippen LogP contribution in [0.25, 0.3) is 11.3 Å². The molecule has 4 rings (SSSR count). The Kier molecular flexibility index (Phi) is 8.38. The summed E-state index contributed by atoms with van der Waals surface area (Å²) in [5.41, 5.74) is 2.17. The summed E-state index contributed by atoms with van der Waals surface area (Å²) in [6.45, 7) is 4.26. The van der Waals surface area contributed by atoms with Gasteiger partial charge in [-0.1, -0.05) is 12.1 Å². The summed E-state index contributed by atoms with van der Waals surface area (Å²) in [6, 6.07) is 11.1. The quantitative estimate of drug-likeness (QED) is 0.395. The predicted molar refractivity (Wildman–Crippen MR) is 130 cm³/mol. The maximum Gasteiger partial charge on any atom is 0.328 e. The molecule has 2 atom stereocenters. The Morgan fingerprint density at radius 2 is 1.57 bits per heavy atom.